The summed E-state index contributed by atoms with van der Waals surface area (Å²) in [6, 6.07) is 0. The molecule has 0 heteroatoms. The number of hydrogen-bond acceptors (Lipinski definition) is 0. The lowest BCUT2D eigenvalue weighted by Gasteiger charge is -2.36. The van der Waals surface area contributed by atoms with Gasteiger partial charge >= 0.3 is 0 Å². The third-order valence-electron chi connectivity index (χ3n) is 3.31. The van der Waals surface area contributed by atoms with Crippen LogP contribution in [-0.4, -0.2) is 0 Å². The summed E-state index contributed by atoms with van der Waals surface area (Å²) in [5.41, 5.74) is 0. The molecule has 0 radical (unpaired) electrons. The van der Waals surface area contributed by atoms with Crippen molar-refractivity contribution in [2.45, 2.75) is 19.8 Å². The van der Waals surface area contributed by atoms with Gasteiger partial charge in [0, 0.05) is 0 Å². The van der Waals surface area contributed by atoms with Crippen LogP contribution < -0.4 is 0 Å². The lowest BCUT2D eigenvalue weighted by atomic mass is 9.68. The van der Waals surface area contributed by atoms with Crippen LogP contribution in [0.2, 0.25) is 0 Å². The van der Waals surface area contributed by atoms with Crippen LogP contribution in [0.25, 0.3) is 0 Å². The average Bonchev–Trinajstić information content (AvgIpc) is 2.16. The Kier molecular flexibility index (Phi) is 3.53. The average molecular weight is 176 g/mol. The fourth-order valence-electron chi connectivity index (χ4n) is 2.51. The Hall–Kier alpha value is -0.780. The van der Waals surface area contributed by atoms with Crippen LogP contribution >= 0.6 is 0 Å². The minimum Gasteiger partial charge on any atom is -0.103 e. The van der Waals surface area contributed by atoms with Crippen LogP contribution in [0.15, 0.2) is 38.0 Å². The summed E-state index contributed by atoms with van der Waals surface area (Å²) < 4.78 is 0. The summed E-state index contributed by atoms with van der Waals surface area (Å²) in [4.78, 5) is 0. The minimum atomic E-state index is 0.601. The van der Waals surface area contributed by atoms with Crippen LogP contribution in [0.4, 0.5) is 0 Å². The highest BCUT2D eigenvalue weighted by Gasteiger charge is 2.30. The van der Waals surface area contributed by atoms with E-state index in [9.17, 15) is 0 Å². The second-order valence-electron chi connectivity index (χ2n) is 4.16. The van der Waals surface area contributed by atoms with Gasteiger partial charge in [0.25, 0.3) is 0 Å². The van der Waals surface area contributed by atoms with Gasteiger partial charge in [-0.1, -0.05) is 25.2 Å². The number of hydrogen-bond donors (Lipinski definition) is 0. The predicted octanol–water partition coefficient (Wildman–Crippen LogP) is 3.82. The summed E-state index contributed by atoms with van der Waals surface area (Å²) in [7, 11) is 0. The van der Waals surface area contributed by atoms with Gasteiger partial charge in [0.15, 0.2) is 0 Å². The molecule has 1 rings (SSSR count). The Morgan fingerprint density at radius 1 is 1.00 bits per heavy atom. The zero-order valence-electron chi connectivity index (χ0n) is 8.58. The van der Waals surface area contributed by atoms with E-state index < -0.39 is 0 Å². The molecule has 0 aliphatic heterocycles. The predicted molar refractivity (Wildman–Crippen MR) is 59.5 cm³/mol. The van der Waals surface area contributed by atoms with Crippen molar-refractivity contribution in [1.82, 2.24) is 0 Å². The molecule has 1 aliphatic rings. The highest BCUT2D eigenvalue weighted by atomic mass is 14.3. The molecule has 1 saturated carbocycles. The molecule has 72 valence electrons. The van der Waals surface area contributed by atoms with E-state index in [-0.39, 0.29) is 0 Å². The Bertz CT molecular complexity index is 202. The van der Waals surface area contributed by atoms with Crippen molar-refractivity contribution in [1.29, 1.82) is 0 Å². The van der Waals surface area contributed by atoms with Gasteiger partial charge < -0.3 is 0 Å². The smallest absolute Gasteiger partial charge is 0.0147 e. The van der Waals surface area contributed by atoms with Crippen LogP contribution in [0.5, 0.6) is 0 Å². The van der Waals surface area contributed by atoms with E-state index in [2.05, 4.69) is 44.9 Å². The molecule has 0 amide bonds. The highest BCUT2D eigenvalue weighted by Crippen LogP contribution is 2.39. The number of rotatable bonds is 3. The van der Waals surface area contributed by atoms with Crippen LogP contribution in [0.3, 0.4) is 0 Å². The van der Waals surface area contributed by atoms with E-state index in [4.69, 9.17) is 0 Å². The zero-order valence-corrected chi connectivity index (χ0v) is 8.58. The lowest BCUT2D eigenvalue weighted by molar-refractivity contribution is 0.208. The molecule has 0 N–H and O–H groups in total. The van der Waals surface area contributed by atoms with Gasteiger partial charge in [0.1, 0.15) is 0 Å². The van der Waals surface area contributed by atoms with E-state index in [0.717, 1.165) is 5.92 Å². The highest BCUT2D eigenvalue weighted by molar-refractivity contribution is 5.02. The summed E-state index contributed by atoms with van der Waals surface area (Å²) in [6.07, 6.45) is 8.72. The van der Waals surface area contributed by atoms with Crippen molar-refractivity contribution in [2.75, 3.05) is 0 Å². The molecule has 0 bridgehead atoms. The molecule has 4 atom stereocenters. The minimum absolute atomic E-state index is 0.601. The van der Waals surface area contributed by atoms with Crippen molar-refractivity contribution in [3.63, 3.8) is 0 Å². The molecule has 1 fully saturated rings. The largest absolute Gasteiger partial charge is 0.103 e. The maximum absolute atomic E-state index is 3.91. The second kappa shape index (κ2) is 4.45. The quantitative estimate of drug-likeness (QED) is 0.573. The van der Waals surface area contributed by atoms with Gasteiger partial charge in [0.05, 0.1) is 0 Å². The summed E-state index contributed by atoms with van der Waals surface area (Å²) in [5, 5.41) is 0. The molecule has 0 aromatic heterocycles. The maximum Gasteiger partial charge on any atom is -0.0147 e. The Balaban J connectivity index is 2.72. The molecular weight excluding hydrogens is 156 g/mol. The SMILES string of the molecule is C=CC1CC(C)C(C=C)C(C=C)C1. The van der Waals surface area contributed by atoms with E-state index >= 15 is 0 Å². The number of allylic oxidation sites excluding steroid dienone is 3. The van der Waals surface area contributed by atoms with Gasteiger partial charge in [-0.15, -0.1) is 19.7 Å². The molecule has 0 heterocycles. The van der Waals surface area contributed by atoms with Crippen LogP contribution in [-0.2, 0) is 0 Å². The van der Waals surface area contributed by atoms with Crippen LogP contribution in [0, 0.1) is 23.7 Å². The van der Waals surface area contributed by atoms with Gasteiger partial charge in [-0.3, -0.25) is 0 Å². The third kappa shape index (κ3) is 2.12. The summed E-state index contributed by atoms with van der Waals surface area (Å²) in [5.74, 6) is 2.62. The Morgan fingerprint density at radius 2 is 1.69 bits per heavy atom. The second-order valence-corrected chi connectivity index (χ2v) is 4.16. The van der Waals surface area contributed by atoms with Gasteiger partial charge in [-0.05, 0) is 36.5 Å². The summed E-state index contributed by atoms with van der Waals surface area (Å²) >= 11 is 0. The third-order valence-corrected chi connectivity index (χ3v) is 3.31. The normalized spacial score (nSPS) is 39.5. The van der Waals surface area contributed by atoms with E-state index in [0.29, 0.717) is 17.8 Å². The van der Waals surface area contributed by atoms with E-state index in [1.165, 1.54) is 12.8 Å². The van der Waals surface area contributed by atoms with Gasteiger partial charge in [-0.25, -0.2) is 0 Å². The Morgan fingerprint density at radius 3 is 2.15 bits per heavy atom. The first-order valence-corrected chi connectivity index (χ1v) is 5.10. The Labute approximate surface area is 82.0 Å². The van der Waals surface area contributed by atoms with Gasteiger partial charge in [0.2, 0.25) is 0 Å². The fraction of sp³-hybridized carbons (Fsp3) is 0.538. The van der Waals surface area contributed by atoms with Crippen molar-refractivity contribution >= 4 is 0 Å². The van der Waals surface area contributed by atoms with Crippen LogP contribution in [0.1, 0.15) is 19.8 Å². The molecule has 0 nitrogen and oxygen atoms in total. The van der Waals surface area contributed by atoms with E-state index in [1.807, 2.05) is 0 Å². The molecule has 0 saturated heterocycles. The monoisotopic (exact) mass is 176 g/mol. The molecule has 13 heavy (non-hydrogen) atoms. The van der Waals surface area contributed by atoms with Crippen molar-refractivity contribution in [2.24, 2.45) is 23.7 Å². The van der Waals surface area contributed by atoms with Crippen molar-refractivity contribution in [3.8, 4) is 0 Å². The van der Waals surface area contributed by atoms with E-state index in [1.54, 1.807) is 0 Å². The van der Waals surface area contributed by atoms with Crippen molar-refractivity contribution in [3.05, 3.63) is 38.0 Å². The topological polar surface area (TPSA) is 0 Å². The van der Waals surface area contributed by atoms with Gasteiger partial charge in [-0.2, -0.15) is 0 Å². The zero-order chi connectivity index (χ0) is 9.84. The fourth-order valence-corrected chi connectivity index (χ4v) is 2.51. The summed E-state index contributed by atoms with van der Waals surface area (Å²) in [6.45, 7) is 14.0. The van der Waals surface area contributed by atoms with Crippen molar-refractivity contribution < 1.29 is 0 Å². The lowest BCUT2D eigenvalue weighted by Crippen LogP contribution is -2.28. The first kappa shape index (κ1) is 10.3. The molecule has 0 spiro atoms. The molecule has 4 unspecified atom stereocenters. The molecular formula is C13H20. The standard InChI is InChI=1S/C13H20/c1-5-11-8-10(4)13(7-3)12(6-2)9-11/h5-7,10-13H,1-3,8-9H2,4H3. The molecule has 0 aromatic carbocycles. The molecule has 0 aromatic rings. The molecule has 1 aliphatic carbocycles. The first-order valence-electron chi connectivity index (χ1n) is 5.10. The first-order chi connectivity index (χ1) is 6.22. The maximum atomic E-state index is 3.91.